The van der Waals surface area contributed by atoms with E-state index < -0.39 is 0 Å². The number of hydrogen-bond acceptors (Lipinski definition) is 6. The van der Waals surface area contributed by atoms with Crippen LogP contribution in [0.25, 0.3) is 33.9 Å². The van der Waals surface area contributed by atoms with E-state index in [9.17, 15) is 9.59 Å². The summed E-state index contributed by atoms with van der Waals surface area (Å²) in [4.78, 5) is 30.9. The minimum atomic E-state index is -0.232. The Hall–Kier alpha value is -5.06. The van der Waals surface area contributed by atoms with Gasteiger partial charge in [0.1, 0.15) is 10.7 Å². The molecule has 2 atom stereocenters. The summed E-state index contributed by atoms with van der Waals surface area (Å²) in [6.07, 6.45) is 4.11. The monoisotopic (exact) mass is 696 g/mol. The Balaban J connectivity index is 1.11. The Kier molecular flexibility index (Phi) is 8.80. The van der Waals surface area contributed by atoms with Crippen molar-refractivity contribution in [1.29, 1.82) is 0 Å². The van der Waals surface area contributed by atoms with Crippen LogP contribution in [0.2, 0.25) is 0 Å². The van der Waals surface area contributed by atoms with E-state index in [1.807, 2.05) is 79.8 Å². The fourth-order valence-corrected chi connectivity index (χ4v) is 9.00. The number of thioether (sulfide) groups is 2. The first-order valence-electron chi connectivity index (χ1n) is 16.7. The number of para-hydroxylation sites is 2. The number of carbonyl (C=O) groups excluding carboxylic acids is 2. The van der Waals surface area contributed by atoms with Crippen LogP contribution in [0.4, 0.5) is 0 Å². The zero-order valence-electron chi connectivity index (χ0n) is 27.8. The van der Waals surface area contributed by atoms with Crippen LogP contribution in [-0.4, -0.2) is 65.8 Å². The van der Waals surface area contributed by atoms with Gasteiger partial charge in [-0.05, 0) is 38.1 Å². The van der Waals surface area contributed by atoms with Crippen LogP contribution in [0.5, 0.6) is 0 Å². The molecule has 8 nitrogen and oxygen atoms in total. The highest BCUT2D eigenvalue weighted by Gasteiger charge is 2.39. The Morgan fingerprint density at radius 2 is 0.940 bits per heavy atom. The molecule has 4 aromatic carbocycles. The number of aryl methyl sites for hydroxylation is 2. The Morgan fingerprint density at radius 1 is 0.560 bits per heavy atom. The first kappa shape index (κ1) is 32.2. The number of carbonyl (C=O) groups is 2. The SMILES string of the molecule is Cc1ccc(-c2nn(-c3ccccc3)cc2[C@H]2SCC(=O)N2CCN2C(=O)CS[C@@H]2c2cn(-c3ccccc3)nc2-c2ccc(C)cc2)cc1. The Morgan fingerprint density at radius 3 is 1.32 bits per heavy atom. The quantitative estimate of drug-likeness (QED) is 0.153. The fourth-order valence-electron chi connectivity index (χ4n) is 6.56. The third-order valence-corrected chi connectivity index (χ3v) is 11.7. The highest BCUT2D eigenvalue weighted by atomic mass is 32.2. The van der Waals surface area contributed by atoms with Crippen LogP contribution in [0.3, 0.4) is 0 Å². The Bertz CT molecular complexity index is 1990. The first-order chi connectivity index (χ1) is 24.4. The number of nitrogens with zero attached hydrogens (tertiary/aromatic N) is 6. The highest BCUT2D eigenvalue weighted by molar-refractivity contribution is 8.00. The molecule has 0 radical (unpaired) electrons. The van der Waals surface area contributed by atoms with Gasteiger partial charge in [0.05, 0.1) is 34.3 Å². The van der Waals surface area contributed by atoms with Crippen LogP contribution in [-0.2, 0) is 9.59 Å². The third-order valence-electron chi connectivity index (χ3n) is 9.23. The van der Waals surface area contributed by atoms with Gasteiger partial charge in [0.25, 0.3) is 0 Å². The Labute approximate surface area is 300 Å². The lowest BCUT2D eigenvalue weighted by atomic mass is 10.1. The van der Waals surface area contributed by atoms with Crippen molar-refractivity contribution in [3.63, 3.8) is 0 Å². The summed E-state index contributed by atoms with van der Waals surface area (Å²) >= 11 is 3.23. The van der Waals surface area contributed by atoms with E-state index in [-0.39, 0.29) is 22.6 Å². The standard InChI is InChI=1S/C40H36N6O2S2/c1-27-13-17-29(18-14-27)37-33(23-45(41-37)31-9-5-3-6-10-31)39-43(35(47)25-49-39)21-22-44-36(48)26-50-40(44)34-24-46(32-11-7-4-8-12-32)42-38(34)30-19-15-28(2)16-20-30/h3-20,23-24,39-40H,21-22,25-26H2,1-2H3/t39-,40-/m1/s1. The lowest BCUT2D eigenvalue weighted by Crippen LogP contribution is -2.39. The van der Waals surface area contributed by atoms with Crippen molar-refractivity contribution in [2.75, 3.05) is 24.6 Å². The summed E-state index contributed by atoms with van der Waals surface area (Å²) in [5.41, 5.74) is 9.94. The normalized spacial score (nSPS) is 17.6. The van der Waals surface area contributed by atoms with Crippen LogP contribution >= 0.6 is 23.5 Å². The maximum atomic E-state index is 13.5. The van der Waals surface area contributed by atoms with E-state index in [2.05, 4.69) is 74.8 Å². The smallest absolute Gasteiger partial charge is 0.233 e. The zero-order chi connectivity index (χ0) is 34.2. The van der Waals surface area contributed by atoms with E-state index in [4.69, 9.17) is 10.2 Å². The summed E-state index contributed by atoms with van der Waals surface area (Å²) in [6.45, 7) is 4.97. The highest BCUT2D eigenvalue weighted by Crippen LogP contribution is 2.45. The molecular formula is C40H36N6O2S2. The molecule has 2 aliphatic heterocycles. The van der Waals surface area contributed by atoms with Gasteiger partial charge in [0.2, 0.25) is 11.8 Å². The second-order valence-corrected chi connectivity index (χ2v) is 14.8. The zero-order valence-corrected chi connectivity index (χ0v) is 29.5. The molecule has 0 aliphatic carbocycles. The van der Waals surface area contributed by atoms with E-state index >= 15 is 0 Å². The van der Waals surface area contributed by atoms with Crippen LogP contribution in [0.1, 0.15) is 33.0 Å². The first-order valence-corrected chi connectivity index (χ1v) is 18.8. The molecule has 0 N–H and O–H groups in total. The lowest BCUT2D eigenvalue weighted by molar-refractivity contribution is -0.132. The van der Waals surface area contributed by atoms with Crippen molar-refractivity contribution in [2.45, 2.75) is 24.6 Å². The minimum Gasteiger partial charge on any atom is -0.324 e. The van der Waals surface area contributed by atoms with E-state index in [1.54, 1.807) is 23.5 Å². The molecule has 8 rings (SSSR count). The molecule has 4 heterocycles. The van der Waals surface area contributed by atoms with Crippen molar-refractivity contribution < 1.29 is 9.59 Å². The molecular weight excluding hydrogens is 661 g/mol. The molecule has 2 amide bonds. The molecule has 0 unspecified atom stereocenters. The van der Waals surface area contributed by atoms with E-state index in [0.717, 1.165) is 45.0 Å². The van der Waals surface area contributed by atoms with Crippen molar-refractivity contribution in [3.8, 4) is 33.9 Å². The molecule has 50 heavy (non-hydrogen) atoms. The number of amides is 2. The number of aromatic nitrogens is 4. The molecule has 2 fully saturated rings. The number of benzene rings is 4. The fraction of sp³-hybridized carbons (Fsp3) is 0.200. The molecule has 2 saturated heterocycles. The van der Waals surface area contributed by atoms with Gasteiger partial charge in [-0.15, -0.1) is 23.5 Å². The molecule has 10 heteroatoms. The van der Waals surface area contributed by atoms with Crippen LogP contribution < -0.4 is 0 Å². The topological polar surface area (TPSA) is 76.3 Å². The van der Waals surface area contributed by atoms with Gasteiger partial charge in [-0.3, -0.25) is 9.59 Å². The van der Waals surface area contributed by atoms with E-state index in [0.29, 0.717) is 24.6 Å². The molecule has 2 aromatic heterocycles. The van der Waals surface area contributed by atoms with Crippen molar-refractivity contribution in [1.82, 2.24) is 29.4 Å². The average Bonchev–Trinajstić information content (AvgIpc) is 3.94. The number of hydrogen-bond donors (Lipinski definition) is 0. The summed E-state index contributed by atoms with van der Waals surface area (Å²) in [7, 11) is 0. The summed E-state index contributed by atoms with van der Waals surface area (Å²) in [6, 6.07) is 36.8. The van der Waals surface area contributed by atoms with Crippen LogP contribution in [0.15, 0.2) is 122 Å². The summed E-state index contributed by atoms with van der Waals surface area (Å²) < 4.78 is 3.81. The largest absolute Gasteiger partial charge is 0.324 e. The van der Waals surface area contributed by atoms with E-state index in [1.165, 1.54) is 11.1 Å². The van der Waals surface area contributed by atoms with Gasteiger partial charge in [0.15, 0.2) is 0 Å². The molecule has 0 saturated carbocycles. The second kappa shape index (κ2) is 13.7. The molecule has 6 aromatic rings. The number of rotatable bonds is 9. The molecule has 250 valence electrons. The molecule has 0 bridgehead atoms. The summed E-state index contributed by atoms with van der Waals surface area (Å²) in [5, 5.41) is 9.63. The average molecular weight is 697 g/mol. The van der Waals surface area contributed by atoms with Gasteiger partial charge >= 0.3 is 0 Å². The van der Waals surface area contributed by atoms with Gasteiger partial charge in [-0.1, -0.05) is 96.1 Å². The minimum absolute atomic E-state index is 0.0652. The van der Waals surface area contributed by atoms with Crippen molar-refractivity contribution in [3.05, 3.63) is 144 Å². The van der Waals surface area contributed by atoms with Gasteiger partial charge in [-0.25, -0.2) is 9.36 Å². The van der Waals surface area contributed by atoms with Crippen molar-refractivity contribution in [2.24, 2.45) is 0 Å². The third kappa shape index (κ3) is 6.25. The van der Waals surface area contributed by atoms with Crippen LogP contribution in [0, 0.1) is 13.8 Å². The predicted octanol–water partition coefficient (Wildman–Crippen LogP) is 7.86. The maximum absolute atomic E-state index is 13.5. The lowest BCUT2D eigenvalue weighted by Gasteiger charge is -2.29. The second-order valence-electron chi connectivity index (χ2n) is 12.7. The van der Waals surface area contributed by atoms with Gasteiger partial charge in [-0.2, -0.15) is 10.2 Å². The maximum Gasteiger partial charge on any atom is 0.233 e. The van der Waals surface area contributed by atoms with Gasteiger partial charge < -0.3 is 9.80 Å². The summed E-state index contributed by atoms with van der Waals surface area (Å²) in [5.74, 6) is 0.884. The predicted molar refractivity (Wildman–Crippen MR) is 201 cm³/mol. The van der Waals surface area contributed by atoms with Crippen molar-refractivity contribution >= 4 is 35.3 Å². The van der Waals surface area contributed by atoms with Gasteiger partial charge in [0, 0.05) is 47.7 Å². The molecule has 2 aliphatic rings. The molecule has 0 spiro atoms.